The van der Waals surface area contributed by atoms with Crippen LogP contribution in [0.1, 0.15) is 43.2 Å². The Bertz CT molecular complexity index is 942. The summed E-state index contributed by atoms with van der Waals surface area (Å²) in [6.45, 7) is 0.426. The highest BCUT2D eigenvalue weighted by atomic mass is 127. The molecule has 1 aliphatic carbocycles. The van der Waals surface area contributed by atoms with Crippen LogP contribution in [0.4, 0.5) is 0 Å². The molecule has 1 aliphatic rings. The number of nitriles is 1. The minimum Gasteiger partial charge on any atom is -0.493 e. The molecule has 1 amide bonds. The van der Waals surface area contributed by atoms with Crippen LogP contribution >= 0.6 is 22.6 Å². The summed E-state index contributed by atoms with van der Waals surface area (Å²) in [6.07, 6.45) is 7.00. The molecule has 0 saturated heterocycles. The van der Waals surface area contributed by atoms with Crippen molar-refractivity contribution < 1.29 is 14.3 Å². The molecule has 2 aromatic carbocycles. The third kappa shape index (κ3) is 6.23. The Hall–Kier alpha value is -2.53. The number of rotatable bonds is 7. The van der Waals surface area contributed by atoms with Crippen molar-refractivity contribution in [1.29, 1.82) is 5.26 Å². The summed E-state index contributed by atoms with van der Waals surface area (Å²) in [7, 11) is 1.57. The van der Waals surface area contributed by atoms with Crippen molar-refractivity contribution in [2.75, 3.05) is 7.11 Å². The van der Waals surface area contributed by atoms with E-state index in [1.165, 1.54) is 9.99 Å². The van der Waals surface area contributed by atoms with Crippen molar-refractivity contribution in [1.82, 2.24) is 5.32 Å². The highest BCUT2D eigenvalue weighted by molar-refractivity contribution is 14.1. The van der Waals surface area contributed by atoms with E-state index in [0.717, 1.165) is 31.2 Å². The Morgan fingerprint density at radius 1 is 1.17 bits per heavy atom. The molecule has 0 bridgehead atoms. The van der Waals surface area contributed by atoms with Crippen molar-refractivity contribution in [3.63, 3.8) is 0 Å². The molecule has 1 fully saturated rings. The third-order valence-electron chi connectivity index (χ3n) is 5.11. The lowest BCUT2D eigenvalue weighted by Gasteiger charge is -2.22. The Balaban J connectivity index is 1.69. The van der Waals surface area contributed by atoms with Gasteiger partial charge >= 0.3 is 0 Å². The fraction of sp³-hybridized carbons (Fsp3) is 0.333. The van der Waals surface area contributed by atoms with Crippen LogP contribution in [0.15, 0.2) is 48.0 Å². The number of benzene rings is 2. The molecule has 1 N–H and O–H groups in total. The number of carbonyl (C=O) groups excluding carboxylic acids is 1. The zero-order valence-corrected chi connectivity index (χ0v) is 19.1. The Morgan fingerprint density at radius 2 is 1.90 bits per heavy atom. The van der Waals surface area contributed by atoms with Crippen LogP contribution in [0.5, 0.6) is 11.5 Å². The van der Waals surface area contributed by atoms with Crippen LogP contribution < -0.4 is 14.8 Å². The largest absolute Gasteiger partial charge is 0.493 e. The number of carbonyl (C=O) groups is 1. The van der Waals surface area contributed by atoms with E-state index in [0.29, 0.717) is 23.7 Å². The van der Waals surface area contributed by atoms with Gasteiger partial charge in [0, 0.05) is 9.61 Å². The maximum atomic E-state index is 12.5. The summed E-state index contributed by atoms with van der Waals surface area (Å²) in [4.78, 5) is 12.5. The highest BCUT2D eigenvalue weighted by Crippen LogP contribution is 2.30. The zero-order chi connectivity index (χ0) is 21.3. The van der Waals surface area contributed by atoms with E-state index in [-0.39, 0.29) is 17.5 Å². The maximum absolute atomic E-state index is 12.5. The first-order chi connectivity index (χ1) is 14.6. The van der Waals surface area contributed by atoms with Crippen LogP contribution in [0.3, 0.4) is 0 Å². The lowest BCUT2D eigenvalue weighted by atomic mass is 9.95. The van der Waals surface area contributed by atoms with Crippen LogP contribution in [0.2, 0.25) is 0 Å². The van der Waals surface area contributed by atoms with Gasteiger partial charge in [0.15, 0.2) is 11.5 Å². The van der Waals surface area contributed by atoms with Crippen molar-refractivity contribution in [3.05, 3.63) is 62.7 Å². The molecule has 5 nitrogen and oxygen atoms in total. The molecular weight excluding hydrogens is 491 g/mol. The number of nitrogens with one attached hydrogen (secondary N) is 1. The number of hydrogen-bond acceptors (Lipinski definition) is 4. The van der Waals surface area contributed by atoms with E-state index < -0.39 is 0 Å². The van der Waals surface area contributed by atoms with Gasteiger partial charge in [-0.1, -0.05) is 37.5 Å². The SMILES string of the molecule is COc1cc(/C=C(/C#N)C(=O)NC2CCCCC2)ccc1OCc1ccc(I)cc1. The van der Waals surface area contributed by atoms with E-state index in [1.54, 1.807) is 25.3 Å². The van der Waals surface area contributed by atoms with Gasteiger partial charge in [-0.05, 0) is 76.9 Å². The predicted molar refractivity (Wildman–Crippen MR) is 125 cm³/mol. The Labute approximate surface area is 191 Å². The van der Waals surface area contributed by atoms with Gasteiger partial charge in [-0.15, -0.1) is 0 Å². The van der Waals surface area contributed by atoms with Crippen molar-refractivity contribution in [3.8, 4) is 17.6 Å². The van der Waals surface area contributed by atoms with E-state index in [4.69, 9.17) is 9.47 Å². The summed E-state index contributed by atoms with van der Waals surface area (Å²) >= 11 is 2.27. The average Bonchev–Trinajstić information content (AvgIpc) is 2.78. The number of hydrogen-bond donors (Lipinski definition) is 1. The van der Waals surface area contributed by atoms with Crippen molar-refractivity contribution in [2.45, 2.75) is 44.8 Å². The summed E-state index contributed by atoms with van der Waals surface area (Å²) in [5, 5.41) is 12.4. The molecule has 0 radical (unpaired) electrons. The van der Waals surface area contributed by atoms with Gasteiger partial charge in [-0.3, -0.25) is 4.79 Å². The minimum absolute atomic E-state index is 0.0928. The molecule has 0 aliphatic heterocycles. The quantitative estimate of drug-likeness (QED) is 0.311. The van der Waals surface area contributed by atoms with E-state index in [1.807, 2.05) is 36.4 Å². The highest BCUT2D eigenvalue weighted by Gasteiger charge is 2.18. The molecule has 3 rings (SSSR count). The number of amides is 1. The molecule has 0 unspecified atom stereocenters. The summed E-state index contributed by atoms with van der Waals surface area (Å²) in [5.74, 6) is 0.847. The number of halogens is 1. The van der Waals surface area contributed by atoms with Crippen LogP contribution in [-0.2, 0) is 11.4 Å². The molecule has 0 heterocycles. The van der Waals surface area contributed by atoms with E-state index in [2.05, 4.69) is 27.9 Å². The molecular formula is C24H25IN2O3. The molecule has 0 spiro atoms. The predicted octanol–water partition coefficient (Wildman–Crippen LogP) is 5.23. The third-order valence-corrected chi connectivity index (χ3v) is 5.83. The maximum Gasteiger partial charge on any atom is 0.262 e. The fourth-order valence-corrected chi connectivity index (χ4v) is 3.82. The van der Waals surface area contributed by atoms with E-state index in [9.17, 15) is 10.1 Å². The molecule has 30 heavy (non-hydrogen) atoms. The summed E-state index contributed by atoms with van der Waals surface area (Å²) in [6, 6.07) is 15.7. The van der Waals surface area contributed by atoms with Gasteiger partial charge in [0.25, 0.3) is 5.91 Å². The monoisotopic (exact) mass is 516 g/mol. The first-order valence-electron chi connectivity index (χ1n) is 10.1. The summed E-state index contributed by atoms with van der Waals surface area (Å²) in [5.41, 5.74) is 1.87. The molecule has 1 saturated carbocycles. The summed E-state index contributed by atoms with van der Waals surface area (Å²) < 4.78 is 12.5. The van der Waals surface area contributed by atoms with Crippen LogP contribution in [-0.4, -0.2) is 19.1 Å². The van der Waals surface area contributed by atoms with Gasteiger partial charge in [0.05, 0.1) is 7.11 Å². The Kier molecular flexibility index (Phi) is 8.14. The van der Waals surface area contributed by atoms with Crippen molar-refractivity contribution in [2.24, 2.45) is 0 Å². The second-order valence-electron chi connectivity index (χ2n) is 7.30. The van der Waals surface area contributed by atoms with Gasteiger partial charge in [0.2, 0.25) is 0 Å². The number of methoxy groups -OCH3 is 1. The molecule has 6 heteroatoms. The number of ether oxygens (including phenoxy) is 2. The molecule has 0 atom stereocenters. The van der Waals surface area contributed by atoms with Gasteiger partial charge in [0.1, 0.15) is 18.2 Å². The molecule has 0 aromatic heterocycles. The van der Waals surface area contributed by atoms with E-state index >= 15 is 0 Å². The first kappa shape index (κ1) is 22.2. The fourth-order valence-electron chi connectivity index (χ4n) is 3.46. The number of nitrogens with zero attached hydrogens (tertiary/aromatic N) is 1. The average molecular weight is 516 g/mol. The molecule has 156 valence electrons. The second kappa shape index (κ2) is 11.0. The topological polar surface area (TPSA) is 71.3 Å². The zero-order valence-electron chi connectivity index (χ0n) is 17.0. The minimum atomic E-state index is -0.317. The normalized spacial score (nSPS) is 14.6. The van der Waals surface area contributed by atoms with Crippen LogP contribution in [0.25, 0.3) is 6.08 Å². The molecule has 2 aromatic rings. The Morgan fingerprint density at radius 3 is 2.57 bits per heavy atom. The second-order valence-corrected chi connectivity index (χ2v) is 8.55. The smallest absolute Gasteiger partial charge is 0.262 e. The van der Waals surface area contributed by atoms with Crippen LogP contribution in [0, 0.1) is 14.9 Å². The van der Waals surface area contributed by atoms with Gasteiger partial charge < -0.3 is 14.8 Å². The standard InChI is InChI=1S/C24H25IN2O3/c1-29-23-14-18(9-12-22(23)30-16-17-7-10-20(25)11-8-17)13-19(15-26)24(28)27-21-5-3-2-4-6-21/h7-14,21H,2-6,16H2,1H3,(H,27,28)/b19-13-. The van der Waals surface area contributed by atoms with Crippen molar-refractivity contribution >= 4 is 34.6 Å². The van der Waals surface area contributed by atoms with Gasteiger partial charge in [-0.25, -0.2) is 0 Å². The lowest BCUT2D eigenvalue weighted by molar-refractivity contribution is -0.117. The first-order valence-corrected chi connectivity index (χ1v) is 11.1. The van der Waals surface area contributed by atoms with Gasteiger partial charge in [-0.2, -0.15) is 5.26 Å². The lowest BCUT2D eigenvalue weighted by Crippen LogP contribution is -2.36.